The van der Waals surface area contributed by atoms with Crippen LogP contribution in [0.25, 0.3) is 11.0 Å². The van der Waals surface area contributed by atoms with Gasteiger partial charge in [-0.2, -0.15) is 0 Å². The van der Waals surface area contributed by atoms with Crippen LogP contribution in [0.1, 0.15) is 28.4 Å². The number of benzene rings is 2. The number of Topliss-reactive ketones (excluding diaryl/α,β-unsaturated/α-hetero) is 1. The Kier molecular flexibility index (Phi) is 4.80. The summed E-state index contributed by atoms with van der Waals surface area (Å²) in [5.41, 5.74) is 3.01. The van der Waals surface area contributed by atoms with Crippen LogP contribution in [0.15, 0.2) is 54.6 Å². The Labute approximate surface area is 123 Å². The molecule has 0 heterocycles. The summed E-state index contributed by atoms with van der Waals surface area (Å²) < 4.78 is 0. The highest BCUT2D eigenvalue weighted by molar-refractivity contribution is 8.04. The first-order valence-corrected chi connectivity index (χ1v) is 8.58. The molecule has 1 nitrogen and oxygen atoms in total. The fourth-order valence-electron chi connectivity index (χ4n) is 2.12. The van der Waals surface area contributed by atoms with Crippen LogP contribution in [0.3, 0.4) is 0 Å². The minimum atomic E-state index is 0.108. The van der Waals surface area contributed by atoms with Gasteiger partial charge in [-0.1, -0.05) is 42.5 Å². The molecule has 0 atom stereocenters. The molecule has 0 unspecified atom stereocenters. The Bertz CT molecular complexity index is 627. The molecule has 0 N–H and O–H groups in total. The van der Waals surface area contributed by atoms with Crippen molar-refractivity contribution in [2.75, 3.05) is 12.5 Å². The predicted molar refractivity (Wildman–Crippen MR) is 90.0 cm³/mol. The fraction of sp³-hybridized carbons (Fsp3) is 0.167. The molecule has 0 radical (unpaired) electrons. The summed E-state index contributed by atoms with van der Waals surface area (Å²) in [4.78, 5) is 13.0. The van der Waals surface area contributed by atoms with E-state index >= 15 is 0 Å². The molecule has 0 aliphatic heterocycles. The first kappa shape index (κ1) is 14.6. The van der Waals surface area contributed by atoms with Crippen LogP contribution in [0.5, 0.6) is 0 Å². The van der Waals surface area contributed by atoms with E-state index < -0.39 is 0 Å². The number of hydrogen-bond donors (Lipinski definition) is 0. The van der Waals surface area contributed by atoms with Crippen LogP contribution in [-0.2, 0) is 10.9 Å². The fourth-order valence-corrected chi connectivity index (χ4v) is 3.09. The maximum Gasteiger partial charge on any atom is 0.162 e. The van der Waals surface area contributed by atoms with Gasteiger partial charge in [-0.3, -0.25) is 4.79 Å². The monoisotopic (exact) mass is 283 g/mol. The van der Waals surface area contributed by atoms with Crippen LogP contribution < -0.4 is 0 Å². The van der Waals surface area contributed by atoms with Crippen molar-refractivity contribution in [3.05, 3.63) is 71.3 Å². The number of carbonyl (C=O) groups excluding carboxylic acids is 1. The lowest BCUT2D eigenvalue weighted by Gasteiger charge is -2.06. The molecule has 20 heavy (non-hydrogen) atoms. The molecule has 2 aromatic rings. The highest BCUT2D eigenvalue weighted by atomic mass is 32.2. The van der Waals surface area contributed by atoms with Gasteiger partial charge in [0.15, 0.2) is 10.7 Å². The minimum absolute atomic E-state index is 0.108. The van der Waals surface area contributed by atoms with E-state index in [4.69, 9.17) is 0 Å². The molecule has 0 bridgehead atoms. The normalized spacial score (nSPS) is 11.7. The summed E-state index contributed by atoms with van der Waals surface area (Å²) >= 11 is 0. The average Bonchev–Trinajstić information content (AvgIpc) is 2.45. The highest BCUT2D eigenvalue weighted by Crippen LogP contribution is 2.25. The lowest BCUT2D eigenvalue weighted by molar-refractivity contribution is 0.101. The molecule has 102 valence electrons. The molecule has 0 aromatic heterocycles. The standard InChI is InChI=1S/C18H19OS/c1-14(19)17-12-8-7-11-16(17)13-18(20(2)3)15-9-5-4-6-10-15/h4-13H,1-3H3/q+1/b18-13-. The lowest BCUT2D eigenvalue weighted by atomic mass is 10.0. The summed E-state index contributed by atoms with van der Waals surface area (Å²) in [6.45, 7) is 1.62. The number of ketones is 1. The molecule has 0 saturated carbocycles. The van der Waals surface area contributed by atoms with Crippen LogP contribution in [-0.4, -0.2) is 18.3 Å². The van der Waals surface area contributed by atoms with Crippen molar-refractivity contribution >= 4 is 27.7 Å². The van der Waals surface area contributed by atoms with E-state index in [1.165, 1.54) is 10.5 Å². The number of carbonyl (C=O) groups is 1. The van der Waals surface area contributed by atoms with Gasteiger partial charge in [0.1, 0.15) is 12.5 Å². The van der Waals surface area contributed by atoms with E-state index in [0.717, 1.165) is 11.1 Å². The second-order valence-electron chi connectivity index (χ2n) is 4.83. The molecule has 0 fully saturated rings. The Morgan fingerprint density at radius 1 is 0.950 bits per heavy atom. The number of rotatable bonds is 4. The van der Waals surface area contributed by atoms with Gasteiger partial charge in [0.05, 0.1) is 0 Å². The second-order valence-corrected chi connectivity index (χ2v) is 6.91. The van der Waals surface area contributed by atoms with Crippen molar-refractivity contribution in [3.8, 4) is 0 Å². The van der Waals surface area contributed by atoms with Gasteiger partial charge in [-0.25, -0.2) is 0 Å². The van der Waals surface area contributed by atoms with E-state index in [0.29, 0.717) is 0 Å². The van der Waals surface area contributed by atoms with Crippen molar-refractivity contribution in [3.63, 3.8) is 0 Å². The van der Waals surface area contributed by atoms with Gasteiger partial charge in [0, 0.05) is 28.1 Å². The van der Waals surface area contributed by atoms with Gasteiger partial charge in [0.25, 0.3) is 0 Å². The molecule has 0 aliphatic rings. The third-order valence-corrected chi connectivity index (χ3v) is 4.36. The van der Waals surface area contributed by atoms with Crippen molar-refractivity contribution in [2.24, 2.45) is 0 Å². The van der Waals surface area contributed by atoms with Crippen LogP contribution in [0.2, 0.25) is 0 Å². The summed E-state index contributed by atoms with van der Waals surface area (Å²) in [6.07, 6.45) is 6.56. The largest absolute Gasteiger partial charge is 0.294 e. The predicted octanol–water partition coefficient (Wildman–Crippen LogP) is 4.27. The number of hydrogen-bond acceptors (Lipinski definition) is 1. The molecule has 2 rings (SSSR count). The first-order valence-electron chi connectivity index (χ1n) is 6.54. The summed E-state index contributed by atoms with van der Waals surface area (Å²) in [7, 11) is 0.123. The van der Waals surface area contributed by atoms with E-state index in [1.54, 1.807) is 6.92 Å². The third-order valence-electron chi connectivity index (χ3n) is 3.12. The van der Waals surface area contributed by atoms with Crippen LogP contribution in [0.4, 0.5) is 0 Å². The second kappa shape index (κ2) is 6.58. The van der Waals surface area contributed by atoms with E-state index in [9.17, 15) is 4.79 Å². The zero-order valence-corrected chi connectivity index (χ0v) is 12.9. The molecular weight excluding hydrogens is 264 g/mol. The van der Waals surface area contributed by atoms with Crippen molar-refractivity contribution < 1.29 is 4.79 Å². The van der Waals surface area contributed by atoms with Crippen LogP contribution >= 0.6 is 0 Å². The van der Waals surface area contributed by atoms with Crippen molar-refractivity contribution in [1.29, 1.82) is 0 Å². The SMILES string of the molecule is CC(=O)c1ccccc1/C=C(/c1ccccc1)[S+](C)C. The maximum absolute atomic E-state index is 11.7. The van der Waals surface area contributed by atoms with Gasteiger partial charge in [-0.15, -0.1) is 0 Å². The van der Waals surface area contributed by atoms with Gasteiger partial charge >= 0.3 is 0 Å². The first-order chi connectivity index (χ1) is 9.59. The molecule has 0 aliphatic carbocycles. The third kappa shape index (κ3) is 3.40. The van der Waals surface area contributed by atoms with Gasteiger partial charge in [0.2, 0.25) is 0 Å². The Balaban J connectivity index is 2.53. The highest BCUT2D eigenvalue weighted by Gasteiger charge is 2.16. The summed E-state index contributed by atoms with van der Waals surface area (Å²) in [5, 5.41) is 0. The van der Waals surface area contributed by atoms with E-state index in [-0.39, 0.29) is 16.7 Å². The molecule has 2 aromatic carbocycles. The Morgan fingerprint density at radius 3 is 2.15 bits per heavy atom. The molecule has 2 heteroatoms. The summed E-state index contributed by atoms with van der Waals surface area (Å²) in [5.74, 6) is 0.108. The molecule has 0 spiro atoms. The van der Waals surface area contributed by atoms with Gasteiger partial charge < -0.3 is 0 Å². The zero-order valence-electron chi connectivity index (χ0n) is 12.1. The topological polar surface area (TPSA) is 17.1 Å². The Morgan fingerprint density at radius 2 is 1.55 bits per heavy atom. The Hall–Kier alpha value is -1.80. The van der Waals surface area contributed by atoms with Crippen molar-refractivity contribution in [1.82, 2.24) is 0 Å². The quantitative estimate of drug-likeness (QED) is 0.465. The lowest BCUT2D eigenvalue weighted by Crippen LogP contribution is -2.01. The maximum atomic E-state index is 11.7. The average molecular weight is 283 g/mol. The van der Waals surface area contributed by atoms with Crippen LogP contribution in [0, 0.1) is 0 Å². The van der Waals surface area contributed by atoms with E-state index in [1.807, 2.05) is 42.5 Å². The molecular formula is C18H19OS+. The van der Waals surface area contributed by atoms with E-state index in [2.05, 4.69) is 30.7 Å². The molecule has 0 saturated heterocycles. The molecule has 0 amide bonds. The van der Waals surface area contributed by atoms with Crippen molar-refractivity contribution in [2.45, 2.75) is 6.92 Å². The zero-order chi connectivity index (χ0) is 14.5. The minimum Gasteiger partial charge on any atom is -0.294 e. The smallest absolute Gasteiger partial charge is 0.162 e. The van der Waals surface area contributed by atoms with Gasteiger partial charge in [-0.05, 0) is 24.6 Å². The summed E-state index contributed by atoms with van der Waals surface area (Å²) in [6, 6.07) is 18.1.